The van der Waals surface area contributed by atoms with Crippen molar-refractivity contribution in [2.45, 2.75) is 13.0 Å². The zero-order valence-corrected chi connectivity index (χ0v) is 20.3. The number of esters is 1. The fraction of sp³-hybridized carbons (Fsp3) is 0.125. The lowest BCUT2D eigenvalue weighted by Crippen LogP contribution is -2.33. The quantitative estimate of drug-likeness (QED) is 0.175. The number of carbonyl (C=O) groups excluding carboxylic acids is 2. The van der Waals surface area contributed by atoms with E-state index < -0.39 is 18.0 Å². The van der Waals surface area contributed by atoms with E-state index in [0.29, 0.717) is 21.4 Å². The number of hydrazone groups is 1. The third kappa shape index (κ3) is 6.87. The fourth-order valence-corrected chi connectivity index (χ4v) is 3.30. The Kier molecular flexibility index (Phi) is 8.76. The van der Waals surface area contributed by atoms with Gasteiger partial charge in [-0.15, -0.1) is 0 Å². The lowest BCUT2D eigenvalue weighted by molar-refractivity contribution is -0.127. The van der Waals surface area contributed by atoms with Gasteiger partial charge in [0.05, 0.1) is 23.9 Å². The number of hydrogen-bond donors (Lipinski definition) is 1. The van der Waals surface area contributed by atoms with Crippen LogP contribution in [0.4, 0.5) is 0 Å². The van der Waals surface area contributed by atoms with E-state index in [1.807, 2.05) is 0 Å². The van der Waals surface area contributed by atoms with Crippen molar-refractivity contribution < 1.29 is 23.8 Å². The summed E-state index contributed by atoms with van der Waals surface area (Å²) in [5.74, 6) is -0.129. The fourth-order valence-electron chi connectivity index (χ4n) is 2.69. The molecule has 0 fully saturated rings. The monoisotopic (exact) mass is 520 g/mol. The Morgan fingerprint density at radius 2 is 1.65 bits per heavy atom. The highest BCUT2D eigenvalue weighted by Crippen LogP contribution is 2.30. The summed E-state index contributed by atoms with van der Waals surface area (Å²) in [6, 6.07) is 15.9. The molecular formula is C24H19Cl3N2O5. The van der Waals surface area contributed by atoms with Gasteiger partial charge in [-0.3, -0.25) is 4.79 Å². The van der Waals surface area contributed by atoms with Crippen LogP contribution in [0, 0.1) is 0 Å². The van der Waals surface area contributed by atoms with Gasteiger partial charge in [-0.2, -0.15) is 5.10 Å². The second-order valence-electron chi connectivity index (χ2n) is 6.87. The van der Waals surface area contributed by atoms with Gasteiger partial charge in [0.1, 0.15) is 5.75 Å². The number of nitrogens with one attached hydrogen (secondary N) is 1. The van der Waals surface area contributed by atoms with Gasteiger partial charge in [-0.05, 0) is 73.2 Å². The smallest absolute Gasteiger partial charge is 0.345 e. The van der Waals surface area contributed by atoms with Crippen LogP contribution in [-0.2, 0) is 4.79 Å². The molecule has 3 rings (SSSR count). The van der Waals surface area contributed by atoms with Crippen molar-refractivity contribution in [3.63, 3.8) is 0 Å². The van der Waals surface area contributed by atoms with Gasteiger partial charge in [0.15, 0.2) is 17.6 Å². The maximum atomic E-state index is 12.5. The number of halogens is 3. The van der Waals surface area contributed by atoms with Crippen LogP contribution in [0.15, 0.2) is 65.8 Å². The molecule has 176 valence electrons. The van der Waals surface area contributed by atoms with Crippen LogP contribution in [-0.4, -0.2) is 31.3 Å². The zero-order chi connectivity index (χ0) is 24.7. The van der Waals surface area contributed by atoms with E-state index in [2.05, 4.69) is 10.5 Å². The number of nitrogens with zero attached hydrogens (tertiary/aromatic N) is 1. The summed E-state index contributed by atoms with van der Waals surface area (Å²) in [7, 11) is 1.43. The van der Waals surface area contributed by atoms with Crippen LogP contribution in [0.1, 0.15) is 22.8 Å². The number of ether oxygens (including phenoxy) is 3. The molecule has 0 unspecified atom stereocenters. The molecule has 3 aromatic carbocycles. The third-order valence-electron chi connectivity index (χ3n) is 4.43. The van der Waals surface area contributed by atoms with Crippen molar-refractivity contribution in [3.8, 4) is 17.2 Å². The molecule has 0 saturated carbocycles. The SMILES string of the molecule is COc1cc(/C=N\NC(=O)[C@H](C)Oc2ccc(Cl)cc2)ccc1OC(=O)c1ccc(Cl)cc1Cl. The normalized spacial score (nSPS) is 11.7. The molecule has 0 heterocycles. The van der Waals surface area contributed by atoms with Crippen molar-refractivity contribution in [1.82, 2.24) is 5.43 Å². The molecule has 0 aliphatic heterocycles. The summed E-state index contributed by atoms with van der Waals surface area (Å²) in [5, 5.41) is 5.08. The molecule has 1 N–H and O–H groups in total. The van der Waals surface area contributed by atoms with E-state index in [-0.39, 0.29) is 22.1 Å². The summed E-state index contributed by atoms with van der Waals surface area (Å²) in [6.45, 7) is 1.60. The molecule has 0 aromatic heterocycles. The number of benzene rings is 3. The lowest BCUT2D eigenvalue weighted by atomic mass is 10.2. The van der Waals surface area contributed by atoms with Crippen LogP contribution in [0.3, 0.4) is 0 Å². The second kappa shape index (κ2) is 11.7. The molecule has 1 atom stereocenters. The number of rotatable bonds is 8. The van der Waals surface area contributed by atoms with Gasteiger partial charge in [0, 0.05) is 10.0 Å². The second-order valence-corrected chi connectivity index (χ2v) is 8.15. The largest absolute Gasteiger partial charge is 0.493 e. The molecule has 10 heteroatoms. The maximum absolute atomic E-state index is 12.5. The highest BCUT2D eigenvalue weighted by Gasteiger charge is 2.16. The number of hydrogen-bond acceptors (Lipinski definition) is 6. The van der Waals surface area contributed by atoms with Gasteiger partial charge in [0.25, 0.3) is 5.91 Å². The predicted molar refractivity (Wildman–Crippen MR) is 132 cm³/mol. The molecule has 3 aromatic rings. The number of amides is 1. The summed E-state index contributed by atoms with van der Waals surface area (Å²) < 4.78 is 16.3. The first-order valence-corrected chi connectivity index (χ1v) is 11.0. The van der Waals surface area contributed by atoms with Crippen molar-refractivity contribution >= 4 is 52.9 Å². The Hall–Kier alpha value is -3.26. The van der Waals surface area contributed by atoms with E-state index >= 15 is 0 Å². The Labute approximate surface area is 211 Å². The lowest BCUT2D eigenvalue weighted by Gasteiger charge is -2.13. The first kappa shape index (κ1) is 25.4. The molecule has 7 nitrogen and oxygen atoms in total. The zero-order valence-electron chi connectivity index (χ0n) is 18.1. The highest BCUT2D eigenvalue weighted by atomic mass is 35.5. The van der Waals surface area contributed by atoms with E-state index in [1.165, 1.54) is 37.6 Å². The first-order chi connectivity index (χ1) is 16.3. The van der Waals surface area contributed by atoms with Crippen molar-refractivity contribution in [3.05, 3.63) is 86.9 Å². The average Bonchev–Trinajstić information content (AvgIpc) is 2.81. The Morgan fingerprint density at radius 3 is 2.32 bits per heavy atom. The van der Waals surface area contributed by atoms with E-state index in [9.17, 15) is 9.59 Å². The van der Waals surface area contributed by atoms with Crippen LogP contribution in [0.5, 0.6) is 17.2 Å². The molecule has 1 amide bonds. The molecule has 0 radical (unpaired) electrons. The average molecular weight is 522 g/mol. The van der Waals surface area contributed by atoms with Crippen molar-refractivity contribution in [2.75, 3.05) is 7.11 Å². The minimum Gasteiger partial charge on any atom is -0.493 e. The highest BCUT2D eigenvalue weighted by molar-refractivity contribution is 6.36. The van der Waals surface area contributed by atoms with Gasteiger partial charge < -0.3 is 14.2 Å². The molecule has 0 aliphatic rings. The van der Waals surface area contributed by atoms with Crippen molar-refractivity contribution in [1.29, 1.82) is 0 Å². The third-order valence-corrected chi connectivity index (χ3v) is 5.23. The maximum Gasteiger partial charge on any atom is 0.345 e. The summed E-state index contributed by atoms with van der Waals surface area (Å²) >= 11 is 17.8. The predicted octanol–water partition coefficient (Wildman–Crippen LogP) is 5.79. The number of carbonyl (C=O) groups is 2. The first-order valence-electron chi connectivity index (χ1n) is 9.87. The molecular weight excluding hydrogens is 503 g/mol. The summed E-state index contributed by atoms with van der Waals surface area (Å²) in [5.41, 5.74) is 3.16. The molecule has 0 bridgehead atoms. The van der Waals surface area contributed by atoms with Crippen LogP contribution >= 0.6 is 34.8 Å². The summed E-state index contributed by atoms with van der Waals surface area (Å²) in [4.78, 5) is 24.7. The Bertz CT molecular complexity index is 1220. The minimum atomic E-state index is -0.783. The number of methoxy groups -OCH3 is 1. The topological polar surface area (TPSA) is 86.2 Å². The minimum absolute atomic E-state index is 0.163. The summed E-state index contributed by atoms with van der Waals surface area (Å²) in [6.07, 6.45) is 0.631. The Balaban J connectivity index is 1.61. The van der Waals surface area contributed by atoms with E-state index in [4.69, 9.17) is 49.0 Å². The molecule has 34 heavy (non-hydrogen) atoms. The van der Waals surface area contributed by atoms with E-state index in [1.54, 1.807) is 43.3 Å². The Morgan fingerprint density at radius 1 is 0.941 bits per heavy atom. The van der Waals surface area contributed by atoms with E-state index in [0.717, 1.165) is 0 Å². The van der Waals surface area contributed by atoms with Gasteiger partial charge in [0.2, 0.25) is 0 Å². The van der Waals surface area contributed by atoms with Crippen molar-refractivity contribution in [2.24, 2.45) is 5.10 Å². The molecule has 0 aliphatic carbocycles. The van der Waals surface area contributed by atoms with Crippen LogP contribution in [0.25, 0.3) is 0 Å². The van der Waals surface area contributed by atoms with Gasteiger partial charge >= 0.3 is 5.97 Å². The van der Waals surface area contributed by atoms with Gasteiger partial charge in [-0.1, -0.05) is 34.8 Å². The standard InChI is InChI=1S/C24H19Cl3N2O5/c1-14(33-18-7-4-16(25)5-8-18)23(30)29-28-13-15-3-10-21(22(11-15)32-2)34-24(31)19-9-6-17(26)12-20(19)27/h3-14H,1-2H3,(H,29,30)/b28-13-/t14-/m0/s1. The molecule has 0 spiro atoms. The van der Waals surface area contributed by atoms with Crippen LogP contribution in [0.2, 0.25) is 15.1 Å². The van der Waals surface area contributed by atoms with Crippen LogP contribution < -0.4 is 19.6 Å². The van der Waals surface area contributed by atoms with Gasteiger partial charge in [-0.25, -0.2) is 10.2 Å². The molecule has 0 saturated heterocycles.